The maximum atomic E-state index is 5.64. The van der Waals surface area contributed by atoms with Crippen molar-refractivity contribution in [2.45, 2.75) is 39.2 Å². The highest BCUT2D eigenvalue weighted by Crippen LogP contribution is 2.18. The van der Waals surface area contributed by atoms with E-state index in [1.165, 1.54) is 22.5 Å². The van der Waals surface area contributed by atoms with E-state index in [1.54, 1.807) is 0 Å². The zero-order valence-electron chi connectivity index (χ0n) is 13.8. The van der Waals surface area contributed by atoms with E-state index < -0.39 is 0 Å². The lowest BCUT2D eigenvalue weighted by Gasteiger charge is -2.09. The second-order valence-corrected chi connectivity index (χ2v) is 6.15. The summed E-state index contributed by atoms with van der Waals surface area (Å²) in [5.41, 5.74) is 10.7. The first-order chi connectivity index (χ1) is 11.3. The average molecular weight is 307 g/mol. The molecule has 0 radical (unpaired) electrons. The lowest BCUT2D eigenvalue weighted by Crippen LogP contribution is -2.07. The van der Waals surface area contributed by atoms with Crippen molar-refractivity contribution in [3.05, 3.63) is 65.5 Å². The van der Waals surface area contributed by atoms with Crippen LogP contribution in [0.3, 0.4) is 0 Å². The molecule has 3 heteroatoms. The Labute approximate surface area is 138 Å². The standard InChI is InChI=1S/C20H25N3/c1-16-8-10-17(11-9-16)12-13-20-22-18-6-2-3-7-19(18)23(20)15-5-4-14-21/h2-3,6-11H,4-5,12-15,21H2,1H3. The number of benzene rings is 2. The van der Waals surface area contributed by atoms with Crippen molar-refractivity contribution in [3.8, 4) is 0 Å². The molecule has 120 valence electrons. The van der Waals surface area contributed by atoms with E-state index in [9.17, 15) is 0 Å². The molecule has 3 nitrogen and oxygen atoms in total. The minimum atomic E-state index is 0.755. The fourth-order valence-electron chi connectivity index (χ4n) is 2.99. The number of para-hydroxylation sites is 2. The smallest absolute Gasteiger partial charge is 0.110 e. The van der Waals surface area contributed by atoms with Crippen molar-refractivity contribution in [2.75, 3.05) is 6.54 Å². The first-order valence-electron chi connectivity index (χ1n) is 8.47. The number of nitrogens with two attached hydrogens (primary N) is 1. The third-order valence-corrected chi connectivity index (χ3v) is 4.33. The summed E-state index contributed by atoms with van der Waals surface area (Å²) < 4.78 is 2.37. The van der Waals surface area contributed by atoms with Crippen LogP contribution in [0.1, 0.15) is 29.8 Å². The summed E-state index contributed by atoms with van der Waals surface area (Å²) in [6.07, 6.45) is 4.17. The van der Waals surface area contributed by atoms with Crippen LogP contribution >= 0.6 is 0 Å². The number of hydrogen-bond acceptors (Lipinski definition) is 2. The predicted octanol–water partition coefficient (Wildman–Crippen LogP) is 3.87. The lowest BCUT2D eigenvalue weighted by molar-refractivity contribution is 0.600. The molecule has 0 bridgehead atoms. The van der Waals surface area contributed by atoms with Crippen LogP contribution in [-0.2, 0) is 19.4 Å². The molecule has 2 N–H and O–H groups in total. The van der Waals surface area contributed by atoms with E-state index in [4.69, 9.17) is 10.7 Å². The van der Waals surface area contributed by atoms with Crippen molar-refractivity contribution in [1.29, 1.82) is 0 Å². The zero-order valence-corrected chi connectivity index (χ0v) is 13.8. The van der Waals surface area contributed by atoms with Crippen molar-refractivity contribution >= 4 is 11.0 Å². The van der Waals surface area contributed by atoms with Gasteiger partial charge in [0.2, 0.25) is 0 Å². The molecule has 23 heavy (non-hydrogen) atoms. The van der Waals surface area contributed by atoms with Gasteiger partial charge in [-0.1, -0.05) is 42.0 Å². The molecular formula is C20H25N3. The SMILES string of the molecule is Cc1ccc(CCc2nc3ccccc3n2CCCCN)cc1. The Kier molecular flexibility index (Phi) is 5.09. The van der Waals surface area contributed by atoms with Crippen LogP contribution in [0, 0.1) is 6.92 Å². The van der Waals surface area contributed by atoms with Gasteiger partial charge in [-0.05, 0) is 50.4 Å². The summed E-state index contributed by atoms with van der Waals surface area (Å²) >= 11 is 0. The maximum Gasteiger partial charge on any atom is 0.110 e. The molecule has 2 aromatic carbocycles. The molecule has 0 amide bonds. The van der Waals surface area contributed by atoms with Gasteiger partial charge in [-0.2, -0.15) is 0 Å². The average Bonchev–Trinajstić information content (AvgIpc) is 2.93. The van der Waals surface area contributed by atoms with Crippen molar-refractivity contribution in [3.63, 3.8) is 0 Å². The van der Waals surface area contributed by atoms with Gasteiger partial charge in [-0.3, -0.25) is 0 Å². The Morgan fingerprint density at radius 2 is 1.74 bits per heavy atom. The second-order valence-electron chi connectivity index (χ2n) is 6.15. The number of nitrogens with zero attached hydrogens (tertiary/aromatic N) is 2. The fourth-order valence-corrected chi connectivity index (χ4v) is 2.99. The van der Waals surface area contributed by atoms with Gasteiger partial charge < -0.3 is 10.3 Å². The summed E-state index contributed by atoms with van der Waals surface area (Å²) in [7, 11) is 0. The topological polar surface area (TPSA) is 43.8 Å². The molecule has 0 saturated carbocycles. The molecule has 0 atom stereocenters. The number of rotatable bonds is 7. The molecule has 3 aromatic rings. The van der Waals surface area contributed by atoms with Crippen LogP contribution in [0.2, 0.25) is 0 Å². The quantitative estimate of drug-likeness (QED) is 0.673. The molecular weight excluding hydrogens is 282 g/mol. The van der Waals surface area contributed by atoms with Crippen molar-refractivity contribution < 1.29 is 0 Å². The second kappa shape index (κ2) is 7.42. The predicted molar refractivity (Wildman–Crippen MR) is 96.6 cm³/mol. The van der Waals surface area contributed by atoms with E-state index in [-0.39, 0.29) is 0 Å². The van der Waals surface area contributed by atoms with Gasteiger partial charge in [0.15, 0.2) is 0 Å². The van der Waals surface area contributed by atoms with Crippen LogP contribution in [0.15, 0.2) is 48.5 Å². The third-order valence-electron chi connectivity index (χ3n) is 4.33. The monoisotopic (exact) mass is 307 g/mol. The molecule has 0 unspecified atom stereocenters. The molecule has 0 spiro atoms. The van der Waals surface area contributed by atoms with Crippen LogP contribution < -0.4 is 5.73 Å². The molecule has 1 aromatic heterocycles. The van der Waals surface area contributed by atoms with Gasteiger partial charge in [0.05, 0.1) is 11.0 Å². The summed E-state index contributed by atoms with van der Waals surface area (Å²) in [4.78, 5) is 4.86. The highest BCUT2D eigenvalue weighted by Gasteiger charge is 2.10. The Morgan fingerprint density at radius 1 is 0.957 bits per heavy atom. The molecule has 0 aliphatic heterocycles. The summed E-state index contributed by atoms with van der Waals surface area (Å²) in [6.45, 7) is 3.88. The normalized spacial score (nSPS) is 11.2. The van der Waals surface area contributed by atoms with Gasteiger partial charge in [-0.25, -0.2) is 4.98 Å². The maximum absolute atomic E-state index is 5.64. The molecule has 0 fully saturated rings. The number of fused-ring (bicyclic) bond motifs is 1. The van der Waals surface area contributed by atoms with E-state index in [0.29, 0.717) is 0 Å². The minimum Gasteiger partial charge on any atom is -0.330 e. The minimum absolute atomic E-state index is 0.755. The number of aromatic nitrogens is 2. The van der Waals surface area contributed by atoms with E-state index in [2.05, 4.69) is 60.0 Å². The summed E-state index contributed by atoms with van der Waals surface area (Å²) in [6, 6.07) is 17.2. The third kappa shape index (κ3) is 3.80. The first-order valence-corrected chi connectivity index (χ1v) is 8.47. The lowest BCUT2D eigenvalue weighted by atomic mass is 10.1. The summed E-state index contributed by atoms with van der Waals surface area (Å²) in [5, 5.41) is 0. The van der Waals surface area contributed by atoms with Crippen LogP contribution in [0.5, 0.6) is 0 Å². The van der Waals surface area contributed by atoms with Gasteiger partial charge in [-0.15, -0.1) is 0 Å². The molecule has 1 heterocycles. The molecule has 0 aliphatic carbocycles. The van der Waals surface area contributed by atoms with Crippen LogP contribution in [-0.4, -0.2) is 16.1 Å². The highest BCUT2D eigenvalue weighted by molar-refractivity contribution is 5.75. The zero-order chi connectivity index (χ0) is 16.1. The van der Waals surface area contributed by atoms with Gasteiger partial charge in [0.25, 0.3) is 0 Å². The van der Waals surface area contributed by atoms with Gasteiger partial charge >= 0.3 is 0 Å². The Balaban J connectivity index is 1.80. The fraction of sp³-hybridized carbons (Fsp3) is 0.350. The van der Waals surface area contributed by atoms with Gasteiger partial charge in [0.1, 0.15) is 5.82 Å². The van der Waals surface area contributed by atoms with E-state index in [0.717, 1.165) is 44.3 Å². The Bertz CT molecular complexity index is 756. The number of imidazole rings is 1. The molecule has 0 aliphatic rings. The number of aryl methyl sites for hydroxylation is 4. The van der Waals surface area contributed by atoms with Crippen LogP contribution in [0.4, 0.5) is 0 Å². The largest absolute Gasteiger partial charge is 0.330 e. The number of hydrogen-bond donors (Lipinski definition) is 1. The summed E-state index contributed by atoms with van der Waals surface area (Å²) in [5.74, 6) is 1.18. The van der Waals surface area contributed by atoms with Crippen LogP contribution in [0.25, 0.3) is 11.0 Å². The van der Waals surface area contributed by atoms with E-state index in [1.807, 2.05) is 0 Å². The van der Waals surface area contributed by atoms with Crippen molar-refractivity contribution in [1.82, 2.24) is 9.55 Å². The molecule has 0 saturated heterocycles. The van der Waals surface area contributed by atoms with Crippen molar-refractivity contribution in [2.24, 2.45) is 5.73 Å². The Morgan fingerprint density at radius 3 is 2.52 bits per heavy atom. The van der Waals surface area contributed by atoms with E-state index >= 15 is 0 Å². The number of unbranched alkanes of at least 4 members (excludes halogenated alkanes) is 1. The Hall–Kier alpha value is -2.13. The first kappa shape index (κ1) is 15.8. The highest BCUT2D eigenvalue weighted by atomic mass is 15.1. The molecule has 3 rings (SSSR count). The van der Waals surface area contributed by atoms with Gasteiger partial charge in [0, 0.05) is 13.0 Å².